The molecule has 10 heteroatoms. The number of hydrogen-bond acceptors (Lipinski definition) is 0. The fraction of sp³-hybridized carbons (Fsp3) is 0.0732. The molecule has 2 heterocycles. The van der Waals surface area contributed by atoms with Crippen LogP contribution in [0.15, 0.2) is 115 Å². The second kappa shape index (κ2) is 11.3. The molecule has 0 amide bonds. The third kappa shape index (κ3) is 4.83. The lowest BCUT2D eigenvalue weighted by Crippen LogP contribution is -2.09. The first-order valence-corrected chi connectivity index (χ1v) is 15.7. The highest BCUT2D eigenvalue weighted by Gasteiger charge is 2.37. The van der Waals surface area contributed by atoms with Gasteiger partial charge in [-0.25, -0.2) is 9.69 Å². The summed E-state index contributed by atoms with van der Waals surface area (Å²) in [4.78, 5) is 7.44. The molecule has 0 radical (unpaired) electrons. The molecule has 0 spiro atoms. The molecule has 6 aromatic carbocycles. The van der Waals surface area contributed by atoms with Gasteiger partial charge in [0.2, 0.25) is 5.69 Å². The predicted octanol–water partition coefficient (Wildman–Crippen LogP) is 13.0. The largest absolute Gasteiger partial charge is 0.416 e. The molecule has 248 valence electrons. The second-order valence-corrected chi connectivity index (χ2v) is 12.2. The molecule has 0 aliphatic carbocycles. The molecule has 8 rings (SSSR count). The van der Waals surface area contributed by atoms with Gasteiger partial charge >= 0.3 is 12.4 Å². The van der Waals surface area contributed by atoms with E-state index in [0.717, 1.165) is 34.5 Å². The summed E-state index contributed by atoms with van der Waals surface area (Å²) in [5.41, 5.74) is 0.236. The summed E-state index contributed by atoms with van der Waals surface area (Å²) in [7, 11) is 0. The molecule has 0 aliphatic rings. The predicted molar refractivity (Wildman–Crippen MR) is 188 cm³/mol. The van der Waals surface area contributed by atoms with Crippen molar-refractivity contribution < 1.29 is 26.3 Å². The average Bonchev–Trinajstić information content (AvgIpc) is 3.61. The van der Waals surface area contributed by atoms with Crippen LogP contribution in [0.4, 0.5) is 37.7 Å². The molecule has 51 heavy (non-hydrogen) atoms. The van der Waals surface area contributed by atoms with E-state index >= 15 is 0 Å². The highest BCUT2D eigenvalue weighted by molar-refractivity contribution is 6.13. The lowest BCUT2D eigenvalue weighted by molar-refractivity contribution is -0.138. The molecule has 0 unspecified atom stereocenters. The second-order valence-electron chi connectivity index (χ2n) is 12.2. The number of fused-ring (bicyclic) bond motifs is 6. The van der Waals surface area contributed by atoms with Crippen molar-refractivity contribution in [3.05, 3.63) is 155 Å². The van der Waals surface area contributed by atoms with Gasteiger partial charge in [0.15, 0.2) is 5.69 Å². The average molecular weight is 685 g/mol. The molecule has 0 bridgehead atoms. The Morgan fingerprint density at radius 1 is 0.549 bits per heavy atom. The molecular weight excluding hydrogens is 662 g/mol. The fourth-order valence-electron chi connectivity index (χ4n) is 7.17. The number of hydrogen-bond donors (Lipinski definition) is 0. The maximum Gasteiger partial charge on any atom is 0.416 e. The Bertz CT molecular complexity index is 2820. The highest BCUT2D eigenvalue weighted by Crippen LogP contribution is 2.50. The SMILES string of the molecule is [C-]#[N+]c1cccc(C(F)(F)F)c1-c1ccc(-n2c3ccccc3c3ccc(C(F)(F)F)cc32)c([N+]#[C-])c1-n1c2ccccc2c2ccc(C)cc21. The van der Waals surface area contributed by atoms with E-state index in [2.05, 4.69) is 9.69 Å². The monoisotopic (exact) mass is 684 g/mol. The van der Waals surface area contributed by atoms with Crippen LogP contribution in [0.2, 0.25) is 0 Å². The molecule has 8 aromatic rings. The van der Waals surface area contributed by atoms with Crippen LogP contribution in [0.25, 0.3) is 75.8 Å². The Morgan fingerprint density at radius 3 is 1.78 bits per heavy atom. The van der Waals surface area contributed by atoms with Crippen LogP contribution in [-0.2, 0) is 12.4 Å². The summed E-state index contributed by atoms with van der Waals surface area (Å²) < 4.78 is 90.0. The van der Waals surface area contributed by atoms with Crippen molar-refractivity contribution in [1.29, 1.82) is 0 Å². The van der Waals surface area contributed by atoms with Gasteiger partial charge in [-0.2, -0.15) is 26.3 Å². The summed E-state index contributed by atoms with van der Waals surface area (Å²) in [6.07, 6.45) is -9.52. The van der Waals surface area contributed by atoms with Crippen molar-refractivity contribution in [2.75, 3.05) is 0 Å². The number of benzene rings is 6. The lowest BCUT2D eigenvalue weighted by atomic mass is 9.94. The van der Waals surface area contributed by atoms with E-state index in [4.69, 9.17) is 13.1 Å². The van der Waals surface area contributed by atoms with Crippen LogP contribution < -0.4 is 0 Å². The molecule has 4 nitrogen and oxygen atoms in total. The van der Waals surface area contributed by atoms with Crippen LogP contribution in [0, 0.1) is 20.1 Å². The summed E-state index contributed by atoms with van der Waals surface area (Å²) >= 11 is 0. The quantitative estimate of drug-likeness (QED) is 0.130. The van der Waals surface area contributed by atoms with Crippen molar-refractivity contribution in [1.82, 2.24) is 9.13 Å². The molecular formula is C41H22F6N4. The van der Waals surface area contributed by atoms with Crippen LogP contribution in [0.5, 0.6) is 0 Å². The molecule has 0 N–H and O–H groups in total. The first-order valence-electron chi connectivity index (χ1n) is 15.7. The zero-order valence-corrected chi connectivity index (χ0v) is 26.5. The van der Waals surface area contributed by atoms with Crippen molar-refractivity contribution in [3.8, 4) is 22.5 Å². The molecule has 2 aromatic heterocycles. The van der Waals surface area contributed by atoms with E-state index in [9.17, 15) is 26.3 Å². The van der Waals surface area contributed by atoms with Crippen molar-refractivity contribution in [2.24, 2.45) is 0 Å². The standard InChI is InChI=1S/C41H22F6N4/c1-23-15-17-27-26-10-5-7-14-33(26)51(35(27)21-23)39-29(37-30(41(45,46)47)11-8-12-31(37)48-2)19-20-34(38(39)49-3)50-32-13-6-4-9-25(32)28-18-16-24(22-36(28)50)40(42,43)44/h4-22H,1H3. The van der Waals surface area contributed by atoms with Gasteiger partial charge in [-0.15, -0.1) is 0 Å². The number of nitrogens with zero attached hydrogens (tertiary/aromatic N) is 4. The minimum Gasteiger partial charge on any atom is -0.319 e. The van der Waals surface area contributed by atoms with Gasteiger partial charge < -0.3 is 9.13 Å². The maximum atomic E-state index is 14.8. The Hall–Kier alpha value is -6.52. The number of halogens is 6. The Labute approximate surface area is 286 Å². The van der Waals surface area contributed by atoms with Crippen molar-refractivity contribution in [2.45, 2.75) is 19.3 Å². The number of aromatic nitrogens is 2. The first kappa shape index (κ1) is 31.7. The Balaban J connectivity index is 1.61. The van der Waals surface area contributed by atoms with Gasteiger partial charge in [0.25, 0.3) is 0 Å². The van der Waals surface area contributed by atoms with Gasteiger partial charge in [0, 0.05) is 27.1 Å². The van der Waals surface area contributed by atoms with E-state index in [1.54, 1.807) is 45.5 Å². The van der Waals surface area contributed by atoms with Gasteiger partial charge in [0.05, 0.1) is 57.7 Å². The summed E-state index contributed by atoms with van der Waals surface area (Å²) in [5.74, 6) is 0. The van der Waals surface area contributed by atoms with Crippen molar-refractivity contribution in [3.63, 3.8) is 0 Å². The van der Waals surface area contributed by atoms with Crippen molar-refractivity contribution >= 4 is 55.0 Å². The zero-order chi connectivity index (χ0) is 35.8. The summed E-state index contributed by atoms with van der Waals surface area (Å²) in [6, 6.07) is 29.7. The maximum absolute atomic E-state index is 14.8. The lowest BCUT2D eigenvalue weighted by Gasteiger charge is -2.23. The van der Waals surface area contributed by atoms with Gasteiger partial charge in [-0.1, -0.05) is 78.9 Å². The number of alkyl halides is 6. The van der Waals surface area contributed by atoms with Gasteiger partial charge in [0.1, 0.15) is 0 Å². The van der Waals surface area contributed by atoms with E-state index in [0.29, 0.717) is 27.3 Å². The normalized spacial score (nSPS) is 12.2. The highest BCUT2D eigenvalue weighted by atomic mass is 19.4. The topological polar surface area (TPSA) is 18.6 Å². The minimum atomic E-state index is -4.86. The molecule has 0 saturated heterocycles. The molecule has 0 atom stereocenters. The zero-order valence-electron chi connectivity index (χ0n) is 26.5. The number of rotatable bonds is 3. The summed E-state index contributed by atoms with van der Waals surface area (Å²) in [6.45, 7) is 18.4. The van der Waals surface area contributed by atoms with Gasteiger partial charge in [-0.3, -0.25) is 0 Å². The summed E-state index contributed by atoms with van der Waals surface area (Å²) in [5, 5.41) is 2.70. The van der Waals surface area contributed by atoms with Crippen LogP contribution in [-0.4, -0.2) is 9.13 Å². The minimum absolute atomic E-state index is 0.0235. The van der Waals surface area contributed by atoms with Gasteiger partial charge in [-0.05, 0) is 54.4 Å². The van der Waals surface area contributed by atoms with Crippen LogP contribution in [0.3, 0.4) is 0 Å². The van der Waals surface area contributed by atoms with Crippen LogP contribution >= 0.6 is 0 Å². The third-order valence-electron chi connectivity index (χ3n) is 9.27. The fourth-order valence-corrected chi connectivity index (χ4v) is 7.17. The Kier molecular flexibility index (Phi) is 7.00. The van der Waals surface area contributed by atoms with E-state index in [1.165, 1.54) is 30.3 Å². The molecule has 0 saturated carbocycles. The van der Waals surface area contributed by atoms with Crippen LogP contribution in [0.1, 0.15) is 16.7 Å². The smallest absolute Gasteiger partial charge is 0.319 e. The third-order valence-corrected chi connectivity index (χ3v) is 9.27. The molecule has 0 aliphatic heterocycles. The van der Waals surface area contributed by atoms with E-state index in [1.807, 2.05) is 37.3 Å². The number of aryl methyl sites for hydroxylation is 1. The van der Waals surface area contributed by atoms with E-state index < -0.39 is 29.0 Å². The Morgan fingerprint density at radius 2 is 1.16 bits per heavy atom. The van der Waals surface area contributed by atoms with E-state index in [-0.39, 0.29) is 33.8 Å². The first-order chi connectivity index (χ1) is 24.4. The molecule has 0 fully saturated rings. The number of para-hydroxylation sites is 2.